The van der Waals surface area contributed by atoms with Crippen molar-refractivity contribution in [2.24, 2.45) is 0 Å². The third-order valence-corrected chi connectivity index (χ3v) is 2.64. The van der Waals surface area contributed by atoms with Gasteiger partial charge in [-0.15, -0.1) is 0 Å². The molecule has 0 saturated carbocycles. The van der Waals surface area contributed by atoms with Gasteiger partial charge in [-0.1, -0.05) is 0 Å². The van der Waals surface area contributed by atoms with E-state index in [-0.39, 0.29) is 0 Å². The van der Waals surface area contributed by atoms with Crippen LogP contribution in [-0.2, 0) is 0 Å². The molecule has 4 nitrogen and oxygen atoms in total. The molecule has 0 amide bonds. The van der Waals surface area contributed by atoms with E-state index in [4.69, 9.17) is 5.26 Å². The molecular formula is C14H14N4. The Bertz CT molecular complexity index is 611. The van der Waals surface area contributed by atoms with Crippen LogP contribution in [0.1, 0.15) is 11.3 Å². The highest BCUT2D eigenvalue weighted by molar-refractivity contribution is 5.68. The largest absolute Gasteiger partial charge is 0.362 e. The zero-order valence-electron chi connectivity index (χ0n) is 10.7. The molecule has 2 aromatic heterocycles. The highest BCUT2D eigenvalue weighted by Gasteiger charge is 2.08. The van der Waals surface area contributed by atoms with Crippen molar-refractivity contribution in [3.63, 3.8) is 0 Å². The lowest BCUT2D eigenvalue weighted by Crippen LogP contribution is -2.12. The number of hydrogen-bond donors (Lipinski definition) is 0. The predicted octanol–water partition coefficient (Wildman–Crippen LogP) is 2.39. The third-order valence-electron chi connectivity index (χ3n) is 2.64. The smallest absolute Gasteiger partial charge is 0.146 e. The lowest BCUT2D eigenvalue weighted by atomic mass is 10.1. The average Bonchev–Trinajstić information content (AvgIpc) is 2.37. The van der Waals surface area contributed by atoms with E-state index in [2.05, 4.69) is 16.0 Å². The third kappa shape index (κ3) is 2.30. The fourth-order valence-corrected chi connectivity index (χ4v) is 1.78. The van der Waals surface area contributed by atoms with Gasteiger partial charge in [0.25, 0.3) is 0 Å². The molecule has 0 spiro atoms. The first-order valence-corrected chi connectivity index (χ1v) is 5.62. The topological polar surface area (TPSA) is 52.8 Å². The van der Waals surface area contributed by atoms with Crippen molar-refractivity contribution in [3.05, 3.63) is 41.9 Å². The molecule has 18 heavy (non-hydrogen) atoms. The maximum atomic E-state index is 9.16. The van der Waals surface area contributed by atoms with Crippen molar-refractivity contribution < 1.29 is 0 Å². The van der Waals surface area contributed by atoms with E-state index >= 15 is 0 Å². The van der Waals surface area contributed by atoms with Crippen molar-refractivity contribution in [3.8, 4) is 17.2 Å². The van der Waals surface area contributed by atoms with Crippen LogP contribution in [0.2, 0.25) is 0 Å². The van der Waals surface area contributed by atoms with Gasteiger partial charge in [-0.25, -0.2) is 4.98 Å². The second-order valence-corrected chi connectivity index (χ2v) is 4.29. The fraction of sp³-hybridized carbons (Fsp3) is 0.214. The summed E-state index contributed by atoms with van der Waals surface area (Å²) in [6.45, 7) is 1.94. The van der Waals surface area contributed by atoms with Crippen molar-refractivity contribution in [1.29, 1.82) is 5.26 Å². The average molecular weight is 238 g/mol. The summed E-state index contributed by atoms with van der Waals surface area (Å²) in [6, 6.07) is 7.94. The standard InChI is InChI=1S/C14H14N4/c1-10-6-11(4-5-16-10)13-7-12(8-15)14(17-9-13)18(2)3/h4-7,9H,1-3H3. The van der Waals surface area contributed by atoms with Crippen molar-refractivity contribution in [2.45, 2.75) is 6.92 Å². The van der Waals surface area contributed by atoms with Crippen molar-refractivity contribution in [1.82, 2.24) is 9.97 Å². The number of pyridine rings is 2. The van der Waals surface area contributed by atoms with Gasteiger partial charge in [-0.2, -0.15) is 5.26 Å². The van der Waals surface area contributed by atoms with Crippen LogP contribution in [-0.4, -0.2) is 24.1 Å². The molecule has 0 atom stereocenters. The predicted molar refractivity (Wildman–Crippen MR) is 71.2 cm³/mol. The molecular weight excluding hydrogens is 224 g/mol. The van der Waals surface area contributed by atoms with E-state index in [9.17, 15) is 0 Å². The summed E-state index contributed by atoms with van der Waals surface area (Å²) in [7, 11) is 3.75. The first-order chi connectivity index (χ1) is 8.61. The zero-order valence-corrected chi connectivity index (χ0v) is 10.7. The Morgan fingerprint density at radius 2 is 1.94 bits per heavy atom. The van der Waals surface area contributed by atoms with E-state index in [0.717, 1.165) is 16.8 Å². The Kier molecular flexibility index (Phi) is 3.24. The van der Waals surface area contributed by atoms with Crippen LogP contribution in [0.3, 0.4) is 0 Å². The van der Waals surface area contributed by atoms with Gasteiger partial charge in [-0.05, 0) is 30.7 Å². The van der Waals surface area contributed by atoms with Crippen LogP contribution in [0, 0.1) is 18.3 Å². The first-order valence-electron chi connectivity index (χ1n) is 5.62. The Labute approximate surface area is 107 Å². The highest BCUT2D eigenvalue weighted by Crippen LogP contribution is 2.23. The van der Waals surface area contributed by atoms with Crippen molar-refractivity contribution >= 4 is 5.82 Å². The normalized spacial score (nSPS) is 9.89. The first kappa shape index (κ1) is 12.1. The number of rotatable bonds is 2. The number of anilines is 1. The van der Waals surface area contributed by atoms with Gasteiger partial charge in [0, 0.05) is 37.7 Å². The lowest BCUT2D eigenvalue weighted by Gasteiger charge is -2.13. The zero-order chi connectivity index (χ0) is 13.1. The summed E-state index contributed by atoms with van der Waals surface area (Å²) in [5, 5.41) is 9.16. The molecule has 0 saturated heterocycles. The molecule has 2 rings (SSSR count). The minimum absolute atomic E-state index is 0.576. The minimum Gasteiger partial charge on any atom is -0.362 e. The summed E-state index contributed by atoms with van der Waals surface area (Å²) in [5.74, 6) is 0.687. The maximum Gasteiger partial charge on any atom is 0.146 e. The second-order valence-electron chi connectivity index (χ2n) is 4.29. The Morgan fingerprint density at radius 1 is 1.17 bits per heavy atom. The quantitative estimate of drug-likeness (QED) is 0.806. The van der Waals surface area contributed by atoms with E-state index in [0.29, 0.717) is 11.4 Å². The Hall–Kier alpha value is -2.41. The van der Waals surface area contributed by atoms with Crippen LogP contribution in [0.25, 0.3) is 11.1 Å². The van der Waals surface area contributed by atoms with Gasteiger partial charge in [-0.3, -0.25) is 4.98 Å². The van der Waals surface area contributed by atoms with Gasteiger partial charge >= 0.3 is 0 Å². The number of aryl methyl sites for hydroxylation is 1. The number of nitriles is 1. The second kappa shape index (κ2) is 4.84. The molecule has 2 aromatic rings. The van der Waals surface area contributed by atoms with Crippen LogP contribution in [0.5, 0.6) is 0 Å². The van der Waals surface area contributed by atoms with E-state index in [1.807, 2.05) is 44.1 Å². The molecule has 0 aliphatic rings. The van der Waals surface area contributed by atoms with E-state index in [1.165, 1.54) is 0 Å². The number of hydrogen-bond acceptors (Lipinski definition) is 4. The van der Waals surface area contributed by atoms with Gasteiger partial charge < -0.3 is 4.90 Å². The van der Waals surface area contributed by atoms with Crippen LogP contribution >= 0.6 is 0 Å². The van der Waals surface area contributed by atoms with Gasteiger partial charge in [0.2, 0.25) is 0 Å². The fourth-order valence-electron chi connectivity index (χ4n) is 1.78. The summed E-state index contributed by atoms with van der Waals surface area (Å²) in [5.41, 5.74) is 3.48. The molecule has 90 valence electrons. The lowest BCUT2D eigenvalue weighted by molar-refractivity contribution is 1.06. The van der Waals surface area contributed by atoms with Crippen molar-refractivity contribution in [2.75, 3.05) is 19.0 Å². The van der Waals surface area contributed by atoms with Gasteiger partial charge in [0.15, 0.2) is 0 Å². The summed E-state index contributed by atoms with van der Waals surface area (Å²) in [6.07, 6.45) is 3.54. The minimum atomic E-state index is 0.576. The molecule has 2 heterocycles. The Balaban J connectivity index is 2.52. The molecule has 0 bridgehead atoms. The van der Waals surface area contributed by atoms with Gasteiger partial charge in [0.1, 0.15) is 11.9 Å². The molecule has 0 aliphatic carbocycles. The monoisotopic (exact) mass is 238 g/mol. The SMILES string of the molecule is Cc1cc(-c2cnc(N(C)C)c(C#N)c2)ccn1. The molecule has 4 heteroatoms. The molecule has 0 N–H and O–H groups in total. The highest BCUT2D eigenvalue weighted by atomic mass is 15.1. The maximum absolute atomic E-state index is 9.16. The Morgan fingerprint density at radius 3 is 2.56 bits per heavy atom. The van der Waals surface area contributed by atoms with E-state index < -0.39 is 0 Å². The number of aromatic nitrogens is 2. The molecule has 0 radical (unpaired) electrons. The number of nitrogens with zero attached hydrogens (tertiary/aromatic N) is 4. The summed E-state index contributed by atoms with van der Waals surface area (Å²) < 4.78 is 0. The summed E-state index contributed by atoms with van der Waals surface area (Å²) >= 11 is 0. The van der Waals surface area contributed by atoms with Crippen LogP contribution < -0.4 is 4.90 Å². The molecule has 0 aromatic carbocycles. The molecule has 0 fully saturated rings. The van der Waals surface area contributed by atoms with Crippen LogP contribution in [0.15, 0.2) is 30.6 Å². The van der Waals surface area contributed by atoms with Gasteiger partial charge in [0.05, 0.1) is 5.56 Å². The molecule has 0 aliphatic heterocycles. The van der Waals surface area contributed by atoms with E-state index in [1.54, 1.807) is 12.4 Å². The van der Waals surface area contributed by atoms with Crippen LogP contribution in [0.4, 0.5) is 5.82 Å². The summed E-state index contributed by atoms with van der Waals surface area (Å²) in [4.78, 5) is 10.3. The molecule has 0 unspecified atom stereocenters.